The van der Waals surface area contributed by atoms with Gasteiger partial charge in [0, 0.05) is 12.5 Å². The molecular weight excluding hydrogens is 325 g/mol. The predicted octanol–water partition coefficient (Wildman–Crippen LogP) is 3.04. The van der Waals surface area contributed by atoms with Crippen LogP contribution in [0.25, 0.3) is 0 Å². The molecule has 25 heavy (non-hydrogen) atoms. The summed E-state index contributed by atoms with van der Waals surface area (Å²) >= 11 is 0. The number of carboxylic acids is 1. The highest BCUT2D eigenvalue weighted by molar-refractivity contribution is 5.89. The number of aromatic carboxylic acids is 1. The van der Waals surface area contributed by atoms with Gasteiger partial charge in [0.25, 0.3) is 0 Å². The predicted molar refractivity (Wildman–Crippen MR) is 91.2 cm³/mol. The van der Waals surface area contributed by atoms with E-state index in [4.69, 9.17) is 9.84 Å². The minimum atomic E-state index is -1.01. The zero-order valence-corrected chi connectivity index (χ0v) is 13.9. The lowest BCUT2D eigenvalue weighted by molar-refractivity contribution is -0.121. The van der Waals surface area contributed by atoms with Crippen molar-refractivity contribution in [3.05, 3.63) is 65.5 Å². The third-order valence-electron chi connectivity index (χ3n) is 3.57. The fourth-order valence-corrected chi connectivity index (χ4v) is 2.36. The van der Waals surface area contributed by atoms with Crippen molar-refractivity contribution in [2.24, 2.45) is 0 Å². The van der Waals surface area contributed by atoms with Crippen LogP contribution in [0.15, 0.2) is 48.5 Å². The second kappa shape index (κ2) is 8.82. The van der Waals surface area contributed by atoms with Crippen molar-refractivity contribution in [1.29, 1.82) is 0 Å². The zero-order valence-electron chi connectivity index (χ0n) is 13.9. The summed E-state index contributed by atoms with van der Waals surface area (Å²) in [5.41, 5.74) is 0.826. The largest absolute Gasteiger partial charge is 0.491 e. The van der Waals surface area contributed by atoms with Gasteiger partial charge in [-0.05, 0) is 37.1 Å². The third kappa shape index (κ3) is 5.91. The Morgan fingerprint density at radius 2 is 1.96 bits per heavy atom. The molecule has 2 aromatic carbocycles. The molecule has 2 N–H and O–H groups in total. The van der Waals surface area contributed by atoms with Crippen molar-refractivity contribution in [3.8, 4) is 5.75 Å². The molecule has 0 aliphatic rings. The Bertz CT molecular complexity index is 748. The summed E-state index contributed by atoms with van der Waals surface area (Å²) < 4.78 is 18.5. The Morgan fingerprint density at radius 3 is 2.68 bits per heavy atom. The van der Waals surface area contributed by atoms with Crippen molar-refractivity contribution in [2.75, 3.05) is 6.61 Å². The van der Waals surface area contributed by atoms with E-state index in [1.54, 1.807) is 37.3 Å². The summed E-state index contributed by atoms with van der Waals surface area (Å²) in [6.07, 6.45) is 0.514. The second-order valence-electron chi connectivity index (χ2n) is 5.70. The van der Waals surface area contributed by atoms with Crippen LogP contribution in [0.1, 0.15) is 29.3 Å². The van der Waals surface area contributed by atoms with Gasteiger partial charge in [-0.1, -0.05) is 24.3 Å². The first-order valence-corrected chi connectivity index (χ1v) is 7.94. The molecule has 0 heterocycles. The Morgan fingerprint density at radius 1 is 1.20 bits per heavy atom. The van der Waals surface area contributed by atoms with Gasteiger partial charge in [-0.15, -0.1) is 0 Å². The maximum atomic E-state index is 13.1. The molecule has 5 nitrogen and oxygen atoms in total. The summed E-state index contributed by atoms with van der Waals surface area (Å²) in [5.74, 6) is -1.19. The number of carbonyl (C=O) groups is 2. The van der Waals surface area contributed by atoms with Crippen LogP contribution >= 0.6 is 0 Å². The molecule has 1 amide bonds. The van der Waals surface area contributed by atoms with Gasteiger partial charge in [0.15, 0.2) is 0 Å². The Hall–Kier alpha value is -2.89. The number of carbonyl (C=O) groups excluding carboxylic acids is 1. The number of carboxylic acid groups (broad SMARTS) is 1. The highest BCUT2D eigenvalue weighted by Gasteiger charge is 2.12. The summed E-state index contributed by atoms with van der Waals surface area (Å²) in [6, 6.07) is 12.1. The Labute approximate surface area is 145 Å². The molecule has 0 fully saturated rings. The summed E-state index contributed by atoms with van der Waals surface area (Å²) in [5, 5.41) is 11.9. The highest BCUT2D eigenvalue weighted by Crippen LogP contribution is 2.13. The molecule has 0 saturated heterocycles. The number of aryl methyl sites for hydroxylation is 1. The first-order valence-electron chi connectivity index (χ1n) is 7.94. The van der Waals surface area contributed by atoms with E-state index < -0.39 is 5.97 Å². The molecule has 0 aromatic heterocycles. The molecule has 1 atom stereocenters. The second-order valence-corrected chi connectivity index (χ2v) is 5.70. The van der Waals surface area contributed by atoms with Gasteiger partial charge in [-0.3, -0.25) is 4.79 Å². The average molecular weight is 345 g/mol. The quantitative estimate of drug-likeness (QED) is 0.771. The third-order valence-corrected chi connectivity index (χ3v) is 3.57. The van der Waals surface area contributed by atoms with E-state index in [0.29, 0.717) is 17.7 Å². The number of halogens is 1. The van der Waals surface area contributed by atoms with Gasteiger partial charge < -0.3 is 15.2 Å². The fourth-order valence-electron chi connectivity index (χ4n) is 2.36. The van der Waals surface area contributed by atoms with Crippen LogP contribution in [0.3, 0.4) is 0 Å². The number of ether oxygens (including phenoxy) is 1. The molecule has 2 rings (SSSR count). The van der Waals surface area contributed by atoms with E-state index in [9.17, 15) is 14.0 Å². The molecule has 6 heteroatoms. The van der Waals surface area contributed by atoms with Gasteiger partial charge in [0.05, 0.1) is 11.6 Å². The van der Waals surface area contributed by atoms with Crippen LogP contribution in [-0.4, -0.2) is 29.6 Å². The van der Waals surface area contributed by atoms with Crippen LogP contribution in [0.5, 0.6) is 5.75 Å². The molecule has 0 aliphatic heterocycles. The van der Waals surface area contributed by atoms with Crippen molar-refractivity contribution >= 4 is 11.9 Å². The van der Waals surface area contributed by atoms with E-state index in [2.05, 4.69) is 5.32 Å². The lowest BCUT2D eigenvalue weighted by Crippen LogP contribution is -2.36. The Balaban J connectivity index is 1.79. The summed E-state index contributed by atoms with van der Waals surface area (Å²) in [6.45, 7) is 1.99. The zero-order chi connectivity index (χ0) is 18.2. The molecule has 0 spiro atoms. The van der Waals surface area contributed by atoms with Gasteiger partial charge in [0.2, 0.25) is 5.91 Å². The number of hydrogen-bond acceptors (Lipinski definition) is 3. The van der Waals surface area contributed by atoms with Gasteiger partial charge in [0.1, 0.15) is 18.2 Å². The molecule has 1 unspecified atom stereocenters. The highest BCUT2D eigenvalue weighted by atomic mass is 19.1. The van der Waals surface area contributed by atoms with Crippen LogP contribution in [0.2, 0.25) is 0 Å². The topological polar surface area (TPSA) is 75.6 Å². The van der Waals surface area contributed by atoms with E-state index in [-0.39, 0.29) is 36.4 Å². The van der Waals surface area contributed by atoms with Gasteiger partial charge in [-0.2, -0.15) is 0 Å². The normalized spacial score (nSPS) is 11.6. The number of amides is 1. The van der Waals surface area contributed by atoms with Crippen LogP contribution in [0, 0.1) is 5.82 Å². The standard InChI is InChI=1S/C19H20FNO4/c1-13(12-25-16-7-4-6-15(20)11-16)21-18(22)10-9-14-5-2-3-8-17(14)19(23)24/h2-8,11,13H,9-10,12H2,1H3,(H,21,22)(H,23,24). The molecule has 0 bridgehead atoms. The van der Waals surface area contributed by atoms with Gasteiger partial charge in [-0.25, -0.2) is 9.18 Å². The fraction of sp³-hybridized carbons (Fsp3) is 0.263. The lowest BCUT2D eigenvalue weighted by atomic mass is 10.0. The average Bonchev–Trinajstić information content (AvgIpc) is 2.58. The van der Waals surface area contributed by atoms with Crippen LogP contribution in [-0.2, 0) is 11.2 Å². The number of hydrogen-bond donors (Lipinski definition) is 2. The van der Waals surface area contributed by atoms with E-state index in [0.717, 1.165) is 0 Å². The molecule has 0 saturated carbocycles. The van der Waals surface area contributed by atoms with E-state index in [1.807, 2.05) is 0 Å². The van der Waals surface area contributed by atoms with Gasteiger partial charge >= 0.3 is 5.97 Å². The van der Waals surface area contributed by atoms with Crippen LogP contribution < -0.4 is 10.1 Å². The number of rotatable bonds is 8. The molecule has 132 valence electrons. The summed E-state index contributed by atoms with van der Waals surface area (Å²) in [7, 11) is 0. The first-order chi connectivity index (χ1) is 12.0. The SMILES string of the molecule is CC(COc1cccc(F)c1)NC(=O)CCc1ccccc1C(=O)O. The van der Waals surface area contributed by atoms with E-state index in [1.165, 1.54) is 18.2 Å². The van der Waals surface area contributed by atoms with Crippen molar-refractivity contribution < 1.29 is 23.8 Å². The maximum absolute atomic E-state index is 13.1. The van der Waals surface area contributed by atoms with Crippen molar-refractivity contribution in [1.82, 2.24) is 5.32 Å². The van der Waals surface area contributed by atoms with Crippen LogP contribution in [0.4, 0.5) is 4.39 Å². The maximum Gasteiger partial charge on any atom is 0.335 e. The Kier molecular flexibility index (Phi) is 6.51. The minimum Gasteiger partial charge on any atom is -0.491 e. The molecule has 2 aromatic rings. The lowest BCUT2D eigenvalue weighted by Gasteiger charge is -2.15. The minimum absolute atomic E-state index is 0.175. The summed E-state index contributed by atoms with van der Waals surface area (Å²) in [4.78, 5) is 23.1. The van der Waals surface area contributed by atoms with E-state index >= 15 is 0 Å². The number of nitrogens with one attached hydrogen (secondary N) is 1. The smallest absolute Gasteiger partial charge is 0.335 e. The van der Waals surface area contributed by atoms with Crippen molar-refractivity contribution in [2.45, 2.75) is 25.8 Å². The first kappa shape index (κ1) is 18.4. The monoisotopic (exact) mass is 345 g/mol. The molecular formula is C19H20FNO4. The van der Waals surface area contributed by atoms with Crippen molar-refractivity contribution in [3.63, 3.8) is 0 Å². The number of benzene rings is 2. The molecule has 0 aliphatic carbocycles. The molecule has 0 radical (unpaired) electrons.